The Morgan fingerprint density at radius 3 is 1.96 bits per heavy atom. The van der Waals surface area contributed by atoms with E-state index in [1.54, 1.807) is 24.3 Å². The maximum absolute atomic E-state index is 12.6. The van der Waals surface area contributed by atoms with Crippen molar-refractivity contribution in [3.05, 3.63) is 41.5 Å². The summed E-state index contributed by atoms with van der Waals surface area (Å²) in [7, 11) is 5.63. The number of phenols is 1. The van der Waals surface area contributed by atoms with Crippen LogP contribution in [0.2, 0.25) is 0 Å². The van der Waals surface area contributed by atoms with E-state index in [-0.39, 0.29) is 28.6 Å². The first-order valence-corrected chi connectivity index (χ1v) is 7.69. The molecule has 138 valence electrons. The maximum atomic E-state index is 12.6. The van der Waals surface area contributed by atoms with Crippen LogP contribution in [0, 0.1) is 0 Å². The standard InChI is InChI=1S/C19H20O7/c1-23-12-7-5-11(6-8-12)14(20)10-15(21)13-9-16(24-2)18(25-3)19(26-4)17(13)22/h5-9,22H,10H2,1-4H3. The lowest BCUT2D eigenvalue weighted by Gasteiger charge is -2.15. The van der Waals surface area contributed by atoms with Crippen molar-refractivity contribution in [2.24, 2.45) is 0 Å². The molecule has 0 aliphatic rings. The highest BCUT2D eigenvalue weighted by atomic mass is 16.5. The van der Waals surface area contributed by atoms with Gasteiger partial charge in [-0.05, 0) is 30.3 Å². The largest absolute Gasteiger partial charge is 0.504 e. The molecule has 0 atom stereocenters. The summed E-state index contributed by atoms with van der Waals surface area (Å²) in [4.78, 5) is 24.9. The van der Waals surface area contributed by atoms with Crippen molar-refractivity contribution in [3.8, 4) is 28.7 Å². The minimum atomic E-state index is -0.567. The molecule has 0 fully saturated rings. The molecular weight excluding hydrogens is 340 g/mol. The van der Waals surface area contributed by atoms with Crippen molar-refractivity contribution in [3.63, 3.8) is 0 Å². The second kappa shape index (κ2) is 8.24. The summed E-state index contributed by atoms with van der Waals surface area (Å²) in [6.45, 7) is 0. The third-order valence-electron chi connectivity index (χ3n) is 3.84. The van der Waals surface area contributed by atoms with Crippen LogP contribution in [0.5, 0.6) is 28.7 Å². The first-order valence-electron chi connectivity index (χ1n) is 7.69. The Morgan fingerprint density at radius 2 is 1.46 bits per heavy atom. The fraction of sp³-hybridized carbons (Fsp3) is 0.263. The van der Waals surface area contributed by atoms with Crippen LogP contribution in [-0.2, 0) is 0 Å². The highest BCUT2D eigenvalue weighted by Crippen LogP contribution is 2.46. The molecule has 0 amide bonds. The Hall–Kier alpha value is -3.22. The summed E-state index contributed by atoms with van der Waals surface area (Å²) in [5.74, 6) is -0.416. The molecule has 0 saturated carbocycles. The molecule has 0 saturated heterocycles. The smallest absolute Gasteiger partial charge is 0.207 e. The zero-order valence-electron chi connectivity index (χ0n) is 15.0. The quantitative estimate of drug-likeness (QED) is 0.572. The highest BCUT2D eigenvalue weighted by molar-refractivity contribution is 6.15. The molecule has 1 N–H and O–H groups in total. The molecule has 0 bridgehead atoms. The molecule has 0 radical (unpaired) electrons. The molecule has 0 spiro atoms. The molecular formula is C19H20O7. The van der Waals surface area contributed by atoms with Gasteiger partial charge in [0.1, 0.15) is 5.75 Å². The van der Waals surface area contributed by atoms with Gasteiger partial charge >= 0.3 is 0 Å². The lowest BCUT2D eigenvalue weighted by Crippen LogP contribution is -2.10. The Kier molecular flexibility index (Phi) is 6.06. The summed E-state index contributed by atoms with van der Waals surface area (Å²) in [6, 6.07) is 7.73. The second-order valence-corrected chi connectivity index (χ2v) is 5.29. The van der Waals surface area contributed by atoms with Crippen LogP contribution in [0.4, 0.5) is 0 Å². The van der Waals surface area contributed by atoms with Gasteiger partial charge in [-0.15, -0.1) is 0 Å². The predicted molar refractivity (Wildman–Crippen MR) is 94.0 cm³/mol. The summed E-state index contributed by atoms with van der Waals surface area (Å²) >= 11 is 0. The molecule has 2 rings (SSSR count). The molecule has 7 nitrogen and oxygen atoms in total. The van der Waals surface area contributed by atoms with E-state index in [9.17, 15) is 14.7 Å². The number of methoxy groups -OCH3 is 4. The zero-order chi connectivity index (χ0) is 19.3. The van der Waals surface area contributed by atoms with E-state index in [0.29, 0.717) is 11.3 Å². The van der Waals surface area contributed by atoms with E-state index in [2.05, 4.69) is 0 Å². The van der Waals surface area contributed by atoms with Crippen LogP contribution in [0.25, 0.3) is 0 Å². The molecule has 0 heterocycles. The third kappa shape index (κ3) is 3.72. The monoisotopic (exact) mass is 360 g/mol. The number of benzene rings is 2. The van der Waals surface area contributed by atoms with E-state index < -0.39 is 18.0 Å². The van der Waals surface area contributed by atoms with E-state index in [1.165, 1.54) is 34.5 Å². The van der Waals surface area contributed by atoms with Crippen LogP contribution >= 0.6 is 0 Å². The number of hydrogen-bond donors (Lipinski definition) is 1. The predicted octanol–water partition coefficient (Wildman–Crippen LogP) is 2.88. The van der Waals surface area contributed by atoms with Crippen LogP contribution in [0.15, 0.2) is 30.3 Å². The fourth-order valence-electron chi connectivity index (χ4n) is 2.47. The van der Waals surface area contributed by atoms with E-state index in [4.69, 9.17) is 18.9 Å². The van der Waals surface area contributed by atoms with Gasteiger partial charge < -0.3 is 24.1 Å². The summed E-state index contributed by atoms with van der Waals surface area (Å²) in [6.07, 6.45) is -0.418. The number of hydrogen-bond acceptors (Lipinski definition) is 7. The van der Waals surface area contributed by atoms with Gasteiger partial charge in [0, 0.05) is 5.56 Å². The first-order chi connectivity index (χ1) is 12.5. The first kappa shape index (κ1) is 19.1. The summed E-state index contributed by atoms with van der Waals surface area (Å²) < 4.78 is 20.5. The van der Waals surface area contributed by atoms with E-state index in [0.717, 1.165) is 0 Å². The SMILES string of the molecule is COc1ccc(C(=O)CC(=O)c2cc(OC)c(OC)c(OC)c2O)cc1. The van der Waals surface area contributed by atoms with Crippen molar-refractivity contribution in [1.82, 2.24) is 0 Å². The van der Waals surface area contributed by atoms with E-state index >= 15 is 0 Å². The van der Waals surface area contributed by atoms with Gasteiger partial charge in [-0.1, -0.05) is 0 Å². The summed E-state index contributed by atoms with van der Waals surface area (Å²) in [5.41, 5.74) is 0.285. The highest BCUT2D eigenvalue weighted by Gasteiger charge is 2.25. The van der Waals surface area contributed by atoms with Gasteiger partial charge in [0.2, 0.25) is 11.5 Å². The lowest BCUT2D eigenvalue weighted by atomic mass is 10.00. The third-order valence-corrected chi connectivity index (χ3v) is 3.84. The van der Waals surface area contributed by atoms with Crippen molar-refractivity contribution in [2.75, 3.05) is 28.4 Å². The number of rotatable bonds is 8. The zero-order valence-corrected chi connectivity index (χ0v) is 15.0. The van der Waals surface area contributed by atoms with Crippen LogP contribution < -0.4 is 18.9 Å². The minimum Gasteiger partial charge on any atom is -0.504 e. The van der Waals surface area contributed by atoms with Gasteiger partial charge in [0.25, 0.3) is 0 Å². The number of aromatic hydroxyl groups is 1. The molecule has 7 heteroatoms. The van der Waals surface area contributed by atoms with Crippen LogP contribution in [0.1, 0.15) is 27.1 Å². The Morgan fingerprint density at radius 1 is 0.846 bits per heavy atom. The maximum Gasteiger partial charge on any atom is 0.207 e. The van der Waals surface area contributed by atoms with Gasteiger partial charge in [0.05, 0.1) is 40.4 Å². The lowest BCUT2D eigenvalue weighted by molar-refractivity contribution is 0.0892. The fourth-order valence-corrected chi connectivity index (χ4v) is 2.47. The molecule has 26 heavy (non-hydrogen) atoms. The molecule has 2 aromatic rings. The van der Waals surface area contributed by atoms with Crippen LogP contribution in [-0.4, -0.2) is 45.1 Å². The van der Waals surface area contributed by atoms with Crippen molar-refractivity contribution >= 4 is 11.6 Å². The molecule has 0 aliphatic carbocycles. The average Bonchev–Trinajstić information content (AvgIpc) is 2.67. The van der Waals surface area contributed by atoms with Crippen LogP contribution in [0.3, 0.4) is 0 Å². The topological polar surface area (TPSA) is 91.3 Å². The molecule has 2 aromatic carbocycles. The number of carbonyl (C=O) groups excluding carboxylic acids is 2. The molecule has 0 aliphatic heterocycles. The normalized spacial score (nSPS) is 10.2. The number of ether oxygens (including phenoxy) is 4. The Bertz CT molecular complexity index is 810. The van der Waals surface area contributed by atoms with Gasteiger partial charge in [-0.2, -0.15) is 0 Å². The summed E-state index contributed by atoms with van der Waals surface area (Å²) in [5, 5.41) is 10.3. The minimum absolute atomic E-state index is 0.0351. The second-order valence-electron chi connectivity index (χ2n) is 5.29. The van der Waals surface area contributed by atoms with Crippen molar-refractivity contribution in [2.45, 2.75) is 6.42 Å². The van der Waals surface area contributed by atoms with Gasteiger partial charge in [-0.3, -0.25) is 9.59 Å². The van der Waals surface area contributed by atoms with E-state index in [1.807, 2.05) is 0 Å². The molecule has 0 aromatic heterocycles. The van der Waals surface area contributed by atoms with Gasteiger partial charge in [-0.25, -0.2) is 0 Å². The van der Waals surface area contributed by atoms with Crippen molar-refractivity contribution in [1.29, 1.82) is 0 Å². The number of ketones is 2. The van der Waals surface area contributed by atoms with Crippen molar-refractivity contribution < 1.29 is 33.6 Å². The Labute approximate surface area is 151 Å². The number of phenolic OH excluding ortho intramolecular Hbond substituents is 1. The Balaban J connectivity index is 2.32. The number of Topliss-reactive ketones (excluding diaryl/α,β-unsaturated/α-hetero) is 2. The number of carbonyl (C=O) groups is 2. The molecule has 0 unspecified atom stereocenters. The van der Waals surface area contributed by atoms with Gasteiger partial charge in [0.15, 0.2) is 23.1 Å². The average molecular weight is 360 g/mol.